The largest absolute Gasteiger partial charge is 0.374 e. The number of hydrogen-bond donors (Lipinski definition) is 2. The number of carbonyl (C=O) groups is 1. The van der Waals surface area contributed by atoms with Crippen LogP contribution in [0.15, 0.2) is 12.1 Å². The van der Waals surface area contributed by atoms with Crippen LogP contribution in [0.25, 0.3) is 0 Å². The predicted octanol–water partition coefficient (Wildman–Crippen LogP) is 1.73. The Morgan fingerprint density at radius 3 is 2.27 bits per heavy atom. The van der Waals surface area contributed by atoms with E-state index < -0.39 is 11.9 Å². The first-order valence-corrected chi connectivity index (χ1v) is 4.74. The summed E-state index contributed by atoms with van der Waals surface area (Å²) in [6.07, 6.45) is 0. The minimum atomic E-state index is -0.464. The second kappa shape index (κ2) is 4.29. The van der Waals surface area contributed by atoms with Crippen LogP contribution in [-0.2, 0) is 4.79 Å². The molecule has 1 aromatic carbocycles. The van der Waals surface area contributed by atoms with Crippen molar-refractivity contribution in [2.75, 3.05) is 5.32 Å². The Hall–Kier alpha value is -1.58. The van der Waals surface area contributed by atoms with Gasteiger partial charge in [-0.3, -0.25) is 4.79 Å². The number of primary amides is 1. The molecule has 1 rings (SSSR count). The van der Waals surface area contributed by atoms with Crippen molar-refractivity contribution in [1.29, 1.82) is 0 Å². The second-order valence-corrected chi connectivity index (χ2v) is 3.69. The number of nitrogens with two attached hydrogens (primary N) is 1. The molecule has 1 amide bonds. The maximum atomic E-state index is 13.3. The van der Waals surface area contributed by atoms with Crippen molar-refractivity contribution in [2.45, 2.75) is 26.8 Å². The van der Waals surface area contributed by atoms with Crippen molar-refractivity contribution in [3.8, 4) is 0 Å². The minimum Gasteiger partial charge on any atom is -0.374 e. The van der Waals surface area contributed by atoms with Gasteiger partial charge in [-0.15, -0.1) is 0 Å². The fraction of sp³-hybridized carbons (Fsp3) is 0.364. The molecular weight excluding hydrogens is 195 g/mol. The molecule has 0 saturated heterocycles. The van der Waals surface area contributed by atoms with Gasteiger partial charge in [-0.25, -0.2) is 4.39 Å². The number of anilines is 1. The van der Waals surface area contributed by atoms with Gasteiger partial charge in [0.05, 0.1) is 0 Å². The second-order valence-electron chi connectivity index (χ2n) is 3.69. The van der Waals surface area contributed by atoms with Gasteiger partial charge < -0.3 is 11.1 Å². The molecule has 0 heterocycles. The summed E-state index contributed by atoms with van der Waals surface area (Å²) in [6.45, 7) is 5.03. The van der Waals surface area contributed by atoms with Gasteiger partial charge in [0.25, 0.3) is 0 Å². The lowest BCUT2D eigenvalue weighted by Gasteiger charge is -2.13. The smallest absolute Gasteiger partial charge is 0.239 e. The average Bonchev–Trinajstić information content (AvgIpc) is 2.13. The number of rotatable bonds is 3. The van der Waals surface area contributed by atoms with Crippen LogP contribution in [0, 0.1) is 19.7 Å². The van der Waals surface area contributed by atoms with Crippen molar-refractivity contribution in [1.82, 2.24) is 0 Å². The molecule has 0 bridgehead atoms. The maximum Gasteiger partial charge on any atom is 0.239 e. The molecule has 15 heavy (non-hydrogen) atoms. The molecule has 0 aliphatic rings. The summed E-state index contributed by atoms with van der Waals surface area (Å²) in [5.74, 6) is -0.651. The SMILES string of the molecule is Cc1cc(N[C@H](C)C(N)=O)cc(C)c1F. The summed E-state index contributed by atoms with van der Waals surface area (Å²) in [6, 6.07) is 2.85. The third kappa shape index (κ3) is 2.68. The van der Waals surface area contributed by atoms with E-state index in [9.17, 15) is 9.18 Å². The Bertz CT molecular complexity index is 367. The molecule has 0 aromatic heterocycles. The lowest BCUT2D eigenvalue weighted by Crippen LogP contribution is -2.32. The number of aryl methyl sites for hydroxylation is 2. The van der Waals surface area contributed by atoms with Crippen LogP contribution in [0.3, 0.4) is 0 Å². The molecule has 0 radical (unpaired) electrons. The first kappa shape index (κ1) is 11.5. The van der Waals surface area contributed by atoms with E-state index in [0.29, 0.717) is 16.8 Å². The highest BCUT2D eigenvalue weighted by Gasteiger charge is 2.10. The van der Waals surface area contributed by atoms with Crippen LogP contribution >= 0.6 is 0 Å². The zero-order chi connectivity index (χ0) is 11.6. The highest BCUT2D eigenvalue weighted by atomic mass is 19.1. The molecule has 82 valence electrons. The third-order valence-electron chi connectivity index (χ3n) is 2.25. The van der Waals surface area contributed by atoms with Gasteiger partial charge in [0.2, 0.25) is 5.91 Å². The van der Waals surface area contributed by atoms with Crippen LogP contribution < -0.4 is 11.1 Å². The third-order valence-corrected chi connectivity index (χ3v) is 2.25. The number of nitrogens with one attached hydrogen (secondary N) is 1. The Morgan fingerprint density at radius 1 is 1.40 bits per heavy atom. The van der Waals surface area contributed by atoms with Crippen LogP contribution in [0.5, 0.6) is 0 Å². The lowest BCUT2D eigenvalue weighted by atomic mass is 10.1. The van der Waals surface area contributed by atoms with Gasteiger partial charge in [-0.2, -0.15) is 0 Å². The van der Waals surface area contributed by atoms with E-state index in [4.69, 9.17) is 5.73 Å². The molecular formula is C11H15FN2O. The summed E-state index contributed by atoms with van der Waals surface area (Å²) in [5, 5.41) is 2.91. The van der Waals surface area contributed by atoms with E-state index in [1.165, 1.54) is 0 Å². The molecule has 0 unspecified atom stereocenters. The molecule has 0 saturated carbocycles. The molecule has 4 heteroatoms. The van der Waals surface area contributed by atoms with Crippen molar-refractivity contribution in [3.63, 3.8) is 0 Å². The molecule has 1 aromatic rings. The molecule has 0 fully saturated rings. The lowest BCUT2D eigenvalue weighted by molar-refractivity contribution is -0.118. The van der Waals surface area contributed by atoms with Gasteiger partial charge in [-0.05, 0) is 44.0 Å². The summed E-state index contributed by atoms with van der Waals surface area (Å²) in [5.41, 5.74) is 6.92. The standard InChI is InChI=1S/C11H15FN2O/c1-6-4-9(5-7(2)10(6)12)14-8(3)11(13)15/h4-5,8,14H,1-3H3,(H2,13,15)/t8-/m1/s1. The Morgan fingerprint density at radius 2 is 1.87 bits per heavy atom. The fourth-order valence-electron chi connectivity index (χ4n) is 1.35. The highest BCUT2D eigenvalue weighted by molar-refractivity contribution is 5.82. The number of amides is 1. The van der Waals surface area contributed by atoms with Crippen molar-refractivity contribution in [3.05, 3.63) is 29.1 Å². The van der Waals surface area contributed by atoms with E-state index >= 15 is 0 Å². The monoisotopic (exact) mass is 210 g/mol. The molecule has 0 spiro atoms. The number of halogens is 1. The first-order valence-electron chi connectivity index (χ1n) is 4.74. The Balaban J connectivity index is 2.92. The average molecular weight is 210 g/mol. The van der Waals surface area contributed by atoms with E-state index in [1.54, 1.807) is 32.9 Å². The molecule has 3 nitrogen and oxygen atoms in total. The Kier molecular flexibility index (Phi) is 3.29. The van der Waals surface area contributed by atoms with Crippen molar-refractivity contribution >= 4 is 11.6 Å². The summed E-state index contributed by atoms with van der Waals surface area (Å²) < 4.78 is 13.3. The van der Waals surface area contributed by atoms with E-state index in [1.807, 2.05) is 0 Å². The first-order chi connectivity index (χ1) is 6.91. The van der Waals surface area contributed by atoms with Gasteiger partial charge in [0, 0.05) is 5.69 Å². The van der Waals surface area contributed by atoms with E-state index in [0.717, 1.165) is 0 Å². The fourth-order valence-corrected chi connectivity index (χ4v) is 1.35. The van der Waals surface area contributed by atoms with Gasteiger partial charge in [0.1, 0.15) is 11.9 Å². The normalized spacial score (nSPS) is 12.3. The topological polar surface area (TPSA) is 55.1 Å². The van der Waals surface area contributed by atoms with Gasteiger partial charge in [0.15, 0.2) is 0 Å². The summed E-state index contributed by atoms with van der Waals surface area (Å²) in [4.78, 5) is 10.8. The van der Waals surface area contributed by atoms with Crippen molar-refractivity contribution in [2.24, 2.45) is 5.73 Å². The van der Waals surface area contributed by atoms with E-state index in [2.05, 4.69) is 5.32 Å². The highest BCUT2D eigenvalue weighted by Crippen LogP contribution is 2.18. The van der Waals surface area contributed by atoms with Crippen LogP contribution in [0.1, 0.15) is 18.1 Å². The van der Waals surface area contributed by atoms with Crippen LogP contribution in [-0.4, -0.2) is 11.9 Å². The molecule has 3 N–H and O–H groups in total. The zero-order valence-electron chi connectivity index (χ0n) is 9.10. The number of benzene rings is 1. The summed E-state index contributed by atoms with van der Waals surface area (Å²) >= 11 is 0. The van der Waals surface area contributed by atoms with Crippen molar-refractivity contribution < 1.29 is 9.18 Å². The number of hydrogen-bond acceptors (Lipinski definition) is 2. The Labute approximate surface area is 88.5 Å². The van der Waals surface area contributed by atoms with E-state index in [-0.39, 0.29) is 5.82 Å². The minimum absolute atomic E-state index is 0.215. The zero-order valence-corrected chi connectivity index (χ0v) is 9.10. The van der Waals surface area contributed by atoms with Crippen LogP contribution in [0.2, 0.25) is 0 Å². The van der Waals surface area contributed by atoms with Gasteiger partial charge in [-0.1, -0.05) is 0 Å². The molecule has 0 aliphatic carbocycles. The maximum absolute atomic E-state index is 13.3. The van der Waals surface area contributed by atoms with Crippen LogP contribution in [0.4, 0.5) is 10.1 Å². The molecule has 1 atom stereocenters. The van der Waals surface area contributed by atoms with Gasteiger partial charge >= 0.3 is 0 Å². The molecule has 0 aliphatic heterocycles. The summed E-state index contributed by atoms with van der Waals surface area (Å²) in [7, 11) is 0. The number of carbonyl (C=O) groups excluding carboxylic acids is 1. The predicted molar refractivity (Wildman–Crippen MR) is 58.2 cm³/mol. The quantitative estimate of drug-likeness (QED) is 0.798.